The van der Waals surface area contributed by atoms with Crippen molar-refractivity contribution in [2.75, 3.05) is 0 Å². The normalized spacial score (nSPS) is 12.7. The molecular weight excluding hydrogens is 348 g/mol. The third kappa shape index (κ3) is 26.0. The van der Waals surface area contributed by atoms with Gasteiger partial charge in [0.1, 0.15) is 0 Å². The topological polar surface area (TPSA) is 0 Å². The Bertz CT molecular complexity index is 280. The molecule has 1 atom stereocenters. The molecule has 0 aliphatic rings. The molecule has 0 heterocycles. The molecule has 0 N–H and O–H groups in total. The van der Waals surface area contributed by atoms with Gasteiger partial charge in [-0.25, -0.2) is 0 Å². The maximum absolute atomic E-state index is 2.44. The summed E-state index contributed by atoms with van der Waals surface area (Å²) in [5.74, 6) is 1.82. The first-order valence-electron chi connectivity index (χ1n) is 14.2. The molecular formula is C29H60. The van der Waals surface area contributed by atoms with Crippen molar-refractivity contribution >= 4 is 0 Å². The van der Waals surface area contributed by atoms with Gasteiger partial charge in [-0.15, -0.1) is 0 Å². The third-order valence-corrected chi connectivity index (χ3v) is 6.67. The van der Waals surface area contributed by atoms with E-state index < -0.39 is 0 Å². The van der Waals surface area contributed by atoms with E-state index in [0.717, 1.165) is 11.8 Å². The van der Waals surface area contributed by atoms with Gasteiger partial charge in [0.05, 0.1) is 0 Å². The molecule has 0 saturated heterocycles. The lowest BCUT2D eigenvalue weighted by Crippen LogP contribution is -1.99. The highest BCUT2D eigenvalue weighted by atomic mass is 14.1. The van der Waals surface area contributed by atoms with Crippen LogP contribution >= 0.6 is 0 Å². The van der Waals surface area contributed by atoms with E-state index in [0.29, 0.717) is 0 Å². The molecule has 0 aliphatic heterocycles. The van der Waals surface area contributed by atoms with Crippen LogP contribution in [0.15, 0.2) is 0 Å². The lowest BCUT2D eigenvalue weighted by atomic mass is 9.93. The van der Waals surface area contributed by atoms with Crippen LogP contribution in [0.2, 0.25) is 0 Å². The Morgan fingerprint density at radius 3 is 0.931 bits per heavy atom. The van der Waals surface area contributed by atoms with E-state index in [-0.39, 0.29) is 0 Å². The first-order valence-corrected chi connectivity index (χ1v) is 14.2. The van der Waals surface area contributed by atoms with Crippen LogP contribution in [-0.4, -0.2) is 0 Å². The van der Waals surface area contributed by atoms with E-state index >= 15 is 0 Å². The fraction of sp³-hybridized carbons (Fsp3) is 1.00. The van der Waals surface area contributed by atoms with Gasteiger partial charge < -0.3 is 0 Å². The maximum atomic E-state index is 2.44. The number of rotatable bonds is 24. The van der Waals surface area contributed by atoms with Gasteiger partial charge in [0.15, 0.2) is 0 Å². The summed E-state index contributed by atoms with van der Waals surface area (Å²) in [6.45, 7) is 9.46. The summed E-state index contributed by atoms with van der Waals surface area (Å²) in [7, 11) is 0. The molecule has 0 heteroatoms. The Kier molecular flexibility index (Phi) is 24.3. The molecule has 0 fully saturated rings. The minimum Gasteiger partial charge on any atom is -0.0654 e. The third-order valence-electron chi connectivity index (χ3n) is 6.67. The fourth-order valence-corrected chi connectivity index (χ4v) is 4.85. The maximum Gasteiger partial charge on any atom is -0.0440 e. The zero-order valence-corrected chi connectivity index (χ0v) is 21.4. The van der Waals surface area contributed by atoms with Crippen molar-refractivity contribution in [3.05, 3.63) is 0 Å². The Hall–Kier alpha value is 0. The number of hydrogen-bond acceptors (Lipinski definition) is 0. The van der Waals surface area contributed by atoms with Crippen LogP contribution in [0.25, 0.3) is 0 Å². The van der Waals surface area contributed by atoms with E-state index in [4.69, 9.17) is 0 Å². The molecule has 0 rings (SSSR count). The van der Waals surface area contributed by atoms with Crippen molar-refractivity contribution in [1.29, 1.82) is 0 Å². The first kappa shape index (κ1) is 29.0. The molecule has 0 aliphatic carbocycles. The minimum absolute atomic E-state index is 0.875. The lowest BCUT2D eigenvalue weighted by molar-refractivity contribution is 0.397. The van der Waals surface area contributed by atoms with Gasteiger partial charge in [-0.2, -0.15) is 0 Å². The van der Waals surface area contributed by atoms with E-state index in [1.165, 1.54) is 148 Å². The van der Waals surface area contributed by atoms with E-state index in [9.17, 15) is 0 Å². The zero-order valence-electron chi connectivity index (χ0n) is 21.4. The summed E-state index contributed by atoms with van der Waals surface area (Å²) in [5.41, 5.74) is 0. The molecule has 0 aromatic rings. The highest BCUT2D eigenvalue weighted by Gasteiger charge is 2.04. The molecule has 0 amide bonds. The fourth-order valence-electron chi connectivity index (χ4n) is 4.85. The highest BCUT2D eigenvalue weighted by molar-refractivity contribution is 4.57. The Morgan fingerprint density at radius 1 is 0.379 bits per heavy atom. The van der Waals surface area contributed by atoms with Gasteiger partial charge in [-0.3, -0.25) is 0 Å². The molecule has 0 nitrogen and oxygen atoms in total. The van der Waals surface area contributed by atoms with Crippen molar-refractivity contribution in [3.63, 3.8) is 0 Å². The lowest BCUT2D eigenvalue weighted by Gasteiger charge is -2.13. The summed E-state index contributed by atoms with van der Waals surface area (Å²) in [4.78, 5) is 0. The minimum atomic E-state index is 0.875. The Morgan fingerprint density at radius 2 is 0.655 bits per heavy atom. The van der Waals surface area contributed by atoms with Crippen LogP contribution < -0.4 is 0 Å². The van der Waals surface area contributed by atoms with E-state index in [2.05, 4.69) is 27.7 Å². The van der Waals surface area contributed by atoms with Crippen LogP contribution in [0.4, 0.5) is 0 Å². The Labute approximate surface area is 187 Å². The highest BCUT2D eigenvalue weighted by Crippen LogP contribution is 2.19. The van der Waals surface area contributed by atoms with Gasteiger partial charge in [0.25, 0.3) is 0 Å². The standard InChI is InChI=1S/C29H60/c1-5-6-7-8-9-10-11-12-13-14-15-16-17-18-19-20-21-22-23-24-25-26-29(4)27-28(2)3/h28-29H,5-27H2,1-4H3. The van der Waals surface area contributed by atoms with Crippen LogP contribution in [0, 0.1) is 11.8 Å². The molecule has 176 valence electrons. The summed E-state index contributed by atoms with van der Waals surface area (Å²) >= 11 is 0. The van der Waals surface area contributed by atoms with Gasteiger partial charge in [0, 0.05) is 0 Å². The van der Waals surface area contributed by atoms with E-state index in [1.807, 2.05) is 0 Å². The van der Waals surface area contributed by atoms with Crippen molar-refractivity contribution in [2.24, 2.45) is 11.8 Å². The van der Waals surface area contributed by atoms with Crippen molar-refractivity contribution < 1.29 is 0 Å². The molecule has 0 spiro atoms. The molecule has 0 radical (unpaired) electrons. The number of unbranched alkanes of at least 4 members (excludes halogenated alkanes) is 20. The molecule has 0 aromatic heterocycles. The summed E-state index contributed by atoms with van der Waals surface area (Å²) in [6.07, 6.45) is 33.9. The molecule has 0 saturated carbocycles. The van der Waals surface area contributed by atoms with Crippen molar-refractivity contribution in [3.8, 4) is 0 Å². The van der Waals surface area contributed by atoms with Crippen LogP contribution in [0.5, 0.6) is 0 Å². The second-order valence-corrected chi connectivity index (χ2v) is 10.6. The summed E-state index contributed by atoms with van der Waals surface area (Å²) in [5, 5.41) is 0. The predicted octanol–water partition coefficient (Wildman–Crippen LogP) is 11.3. The summed E-state index contributed by atoms with van der Waals surface area (Å²) in [6, 6.07) is 0. The monoisotopic (exact) mass is 408 g/mol. The Balaban J connectivity index is 3.05. The van der Waals surface area contributed by atoms with Gasteiger partial charge in [-0.05, 0) is 18.3 Å². The quantitative estimate of drug-likeness (QED) is 0.139. The SMILES string of the molecule is CCCCCCCCCCCCCCCCCCCCCCCC(C)CC(C)C. The van der Waals surface area contributed by atoms with Gasteiger partial charge in [-0.1, -0.05) is 169 Å². The van der Waals surface area contributed by atoms with Gasteiger partial charge >= 0.3 is 0 Å². The largest absolute Gasteiger partial charge is 0.0654 e. The van der Waals surface area contributed by atoms with Crippen LogP contribution in [-0.2, 0) is 0 Å². The van der Waals surface area contributed by atoms with Crippen molar-refractivity contribution in [1.82, 2.24) is 0 Å². The number of hydrogen-bond donors (Lipinski definition) is 0. The second kappa shape index (κ2) is 24.3. The first-order chi connectivity index (χ1) is 14.2. The molecule has 29 heavy (non-hydrogen) atoms. The van der Waals surface area contributed by atoms with Crippen molar-refractivity contribution in [2.45, 2.75) is 175 Å². The smallest absolute Gasteiger partial charge is 0.0440 e. The molecule has 1 unspecified atom stereocenters. The van der Waals surface area contributed by atoms with Gasteiger partial charge in [0.2, 0.25) is 0 Å². The second-order valence-electron chi connectivity index (χ2n) is 10.6. The van der Waals surface area contributed by atoms with Crippen LogP contribution in [0.1, 0.15) is 175 Å². The predicted molar refractivity (Wildman–Crippen MR) is 136 cm³/mol. The zero-order chi connectivity index (χ0) is 21.4. The summed E-state index contributed by atoms with van der Waals surface area (Å²) < 4.78 is 0. The van der Waals surface area contributed by atoms with E-state index in [1.54, 1.807) is 0 Å². The average Bonchev–Trinajstić information content (AvgIpc) is 2.68. The molecule has 0 bridgehead atoms. The van der Waals surface area contributed by atoms with Crippen LogP contribution in [0.3, 0.4) is 0 Å². The molecule has 0 aromatic carbocycles. The average molecular weight is 409 g/mol.